The number of nitrogens with zero attached hydrogens (tertiary/aromatic N) is 3. The molecular weight excluding hydrogens is 370 g/mol. The fourth-order valence-corrected chi connectivity index (χ4v) is 4.11. The van der Waals surface area contributed by atoms with Crippen LogP contribution in [-0.2, 0) is 10.0 Å². The van der Waals surface area contributed by atoms with E-state index < -0.39 is 15.8 Å². The summed E-state index contributed by atoms with van der Waals surface area (Å²) in [6.07, 6.45) is 5.10. The number of piperidine rings is 1. The molecule has 1 aliphatic rings. The maximum Gasteiger partial charge on any atom is 0.417 e. The molecule has 1 aliphatic heterocycles. The Hall–Kier alpha value is -2.88. The second kappa shape index (κ2) is 6.69. The number of oxazole rings is 1. The lowest BCUT2D eigenvalue weighted by Crippen LogP contribution is -2.34. The molecule has 0 unspecified atom stereocenters. The largest absolute Gasteiger partial charge is 0.417 e. The van der Waals surface area contributed by atoms with E-state index in [1.165, 1.54) is 30.6 Å². The number of benzene rings is 1. The predicted molar refractivity (Wildman–Crippen MR) is 100 cm³/mol. The molecule has 0 amide bonds. The van der Waals surface area contributed by atoms with Gasteiger partial charge in [0.15, 0.2) is 5.58 Å². The van der Waals surface area contributed by atoms with Crippen LogP contribution in [0.2, 0.25) is 0 Å². The number of H-pyrrole nitrogens is 1. The third-order valence-corrected chi connectivity index (χ3v) is 6.04. The number of fused-ring (bicyclic) bond motifs is 1. The molecule has 0 aliphatic carbocycles. The molecule has 4 rings (SSSR count). The predicted octanol–water partition coefficient (Wildman–Crippen LogP) is 1.95. The van der Waals surface area contributed by atoms with Crippen LogP contribution in [0, 0.1) is 5.92 Å². The number of hydrogen-bond acceptors (Lipinski definition) is 7. The summed E-state index contributed by atoms with van der Waals surface area (Å²) in [5, 5.41) is 0. The summed E-state index contributed by atoms with van der Waals surface area (Å²) in [4.78, 5) is 24.3. The van der Waals surface area contributed by atoms with Gasteiger partial charge in [0.25, 0.3) is 10.0 Å². The van der Waals surface area contributed by atoms with Crippen molar-refractivity contribution >= 4 is 32.8 Å². The molecule has 1 fully saturated rings. The van der Waals surface area contributed by atoms with E-state index in [4.69, 9.17) is 4.42 Å². The first-order valence-corrected chi connectivity index (χ1v) is 10.1. The zero-order valence-corrected chi connectivity index (χ0v) is 15.5. The van der Waals surface area contributed by atoms with E-state index >= 15 is 0 Å². The highest BCUT2D eigenvalue weighted by Gasteiger charge is 2.19. The van der Waals surface area contributed by atoms with Crippen LogP contribution in [0.1, 0.15) is 19.8 Å². The van der Waals surface area contributed by atoms with Crippen molar-refractivity contribution in [2.24, 2.45) is 5.92 Å². The first-order valence-electron chi connectivity index (χ1n) is 8.63. The van der Waals surface area contributed by atoms with Gasteiger partial charge in [-0.2, -0.15) is 0 Å². The zero-order chi connectivity index (χ0) is 19.0. The molecule has 27 heavy (non-hydrogen) atoms. The average Bonchev–Trinajstić information content (AvgIpc) is 3.02. The second-order valence-corrected chi connectivity index (χ2v) is 8.40. The minimum absolute atomic E-state index is 0.00106. The Balaban J connectivity index is 1.52. The molecule has 0 radical (unpaired) electrons. The lowest BCUT2D eigenvalue weighted by molar-refractivity contribution is 0.434. The van der Waals surface area contributed by atoms with E-state index in [1.54, 1.807) is 0 Å². The van der Waals surface area contributed by atoms with E-state index in [0.717, 1.165) is 25.9 Å². The molecule has 3 aromatic rings. The van der Waals surface area contributed by atoms with E-state index in [-0.39, 0.29) is 10.6 Å². The summed E-state index contributed by atoms with van der Waals surface area (Å²) in [7, 11) is -3.85. The maximum absolute atomic E-state index is 12.6. The Labute approximate surface area is 155 Å². The molecular formula is C17H19N5O4S. The van der Waals surface area contributed by atoms with Gasteiger partial charge in [-0.05, 0) is 37.0 Å². The van der Waals surface area contributed by atoms with E-state index in [9.17, 15) is 13.2 Å². The summed E-state index contributed by atoms with van der Waals surface area (Å²) in [5.74, 6) is 0.667. The van der Waals surface area contributed by atoms with Crippen molar-refractivity contribution in [1.82, 2.24) is 15.0 Å². The van der Waals surface area contributed by atoms with Crippen LogP contribution in [0.25, 0.3) is 11.1 Å². The lowest BCUT2D eigenvalue weighted by Gasteiger charge is -2.30. The van der Waals surface area contributed by atoms with Gasteiger partial charge in [0, 0.05) is 13.1 Å². The van der Waals surface area contributed by atoms with Crippen molar-refractivity contribution in [3.63, 3.8) is 0 Å². The summed E-state index contributed by atoms with van der Waals surface area (Å²) < 4.78 is 32.5. The van der Waals surface area contributed by atoms with Gasteiger partial charge in [0.1, 0.15) is 0 Å². The Morgan fingerprint density at radius 2 is 1.93 bits per heavy atom. The van der Waals surface area contributed by atoms with Crippen molar-refractivity contribution in [1.29, 1.82) is 0 Å². The van der Waals surface area contributed by atoms with Crippen molar-refractivity contribution < 1.29 is 12.8 Å². The third kappa shape index (κ3) is 3.65. The quantitative estimate of drug-likeness (QED) is 0.699. The van der Waals surface area contributed by atoms with E-state index in [1.807, 2.05) is 0 Å². The highest BCUT2D eigenvalue weighted by Crippen LogP contribution is 2.22. The first-order chi connectivity index (χ1) is 12.9. The molecule has 1 aromatic carbocycles. The molecule has 10 heteroatoms. The van der Waals surface area contributed by atoms with Crippen LogP contribution >= 0.6 is 0 Å². The van der Waals surface area contributed by atoms with E-state index in [0.29, 0.717) is 23.0 Å². The third-order valence-electron chi connectivity index (χ3n) is 4.66. The number of sulfonamides is 1. The molecule has 2 N–H and O–H groups in total. The summed E-state index contributed by atoms with van der Waals surface area (Å²) in [5.41, 5.74) is 0.876. The molecule has 0 atom stereocenters. The fraction of sp³-hybridized carbons (Fsp3) is 0.353. The normalized spacial score (nSPS) is 16.0. The molecule has 0 spiro atoms. The van der Waals surface area contributed by atoms with Gasteiger partial charge in [-0.1, -0.05) is 6.92 Å². The van der Waals surface area contributed by atoms with Crippen LogP contribution in [-0.4, -0.2) is 36.5 Å². The van der Waals surface area contributed by atoms with Gasteiger partial charge in [0.2, 0.25) is 5.95 Å². The van der Waals surface area contributed by atoms with Crippen LogP contribution in [0.4, 0.5) is 11.6 Å². The number of rotatable bonds is 4. The fourth-order valence-electron chi connectivity index (χ4n) is 3.06. The number of hydrogen-bond donors (Lipinski definition) is 2. The molecule has 0 bridgehead atoms. The van der Waals surface area contributed by atoms with Gasteiger partial charge in [0.05, 0.1) is 28.5 Å². The summed E-state index contributed by atoms with van der Waals surface area (Å²) in [6.45, 7) is 4.02. The monoisotopic (exact) mass is 389 g/mol. The van der Waals surface area contributed by atoms with Gasteiger partial charge in [-0.15, -0.1) is 0 Å². The second-order valence-electron chi connectivity index (χ2n) is 6.72. The van der Waals surface area contributed by atoms with Crippen LogP contribution in [0.5, 0.6) is 0 Å². The molecule has 9 nitrogen and oxygen atoms in total. The Morgan fingerprint density at radius 3 is 2.63 bits per heavy atom. The van der Waals surface area contributed by atoms with Gasteiger partial charge >= 0.3 is 5.76 Å². The maximum atomic E-state index is 12.6. The smallest absolute Gasteiger partial charge is 0.408 e. The summed E-state index contributed by atoms with van der Waals surface area (Å²) in [6, 6.07) is 4.14. The zero-order valence-electron chi connectivity index (χ0n) is 14.7. The summed E-state index contributed by atoms with van der Waals surface area (Å²) >= 11 is 0. The van der Waals surface area contributed by atoms with Crippen LogP contribution in [0.3, 0.4) is 0 Å². The van der Waals surface area contributed by atoms with E-state index in [2.05, 4.69) is 31.5 Å². The number of aromatic amines is 1. The van der Waals surface area contributed by atoms with Crippen molar-refractivity contribution in [2.45, 2.75) is 24.7 Å². The average molecular weight is 389 g/mol. The van der Waals surface area contributed by atoms with Gasteiger partial charge in [-0.3, -0.25) is 9.71 Å². The van der Waals surface area contributed by atoms with Crippen LogP contribution < -0.4 is 15.4 Å². The standard InChI is InChI=1S/C17H19N5O4S/c1-11-4-6-22(7-5-11)16-18-9-12(10-19-16)21-27(24,25)13-2-3-15-14(8-13)20-17(23)26-15/h2-3,8-11,21H,4-7H2,1H3,(H,20,23). The van der Waals surface area contributed by atoms with Crippen LogP contribution in [0.15, 0.2) is 44.7 Å². The minimum Gasteiger partial charge on any atom is -0.408 e. The SMILES string of the molecule is CC1CCN(c2ncc(NS(=O)(=O)c3ccc4oc(=O)[nH]c4c3)cn2)CC1. The molecule has 3 heterocycles. The molecule has 2 aromatic heterocycles. The van der Waals surface area contributed by atoms with Gasteiger partial charge in [-0.25, -0.2) is 23.2 Å². The molecule has 0 saturated carbocycles. The highest BCUT2D eigenvalue weighted by molar-refractivity contribution is 7.92. The Kier molecular flexibility index (Phi) is 4.34. The highest BCUT2D eigenvalue weighted by atomic mass is 32.2. The van der Waals surface area contributed by atoms with Crippen molar-refractivity contribution in [3.8, 4) is 0 Å². The Bertz CT molecular complexity index is 1110. The Morgan fingerprint density at radius 1 is 1.22 bits per heavy atom. The molecule has 1 saturated heterocycles. The number of aromatic nitrogens is 3. The lowest BCUT2D eigenvalue weighted by atomic mass is 10.00. The van der Waals surface area contributed by atoms with Gasteiger partial charge < -0.3 is 9.32 Å². The number of nitrogens with one attached hydrogen (secondary N) is 2. The number of anilines is 2. The first kappa shape index (κ1) is 17.5. The molecule has 142 valence electrons. The minimum atomic E-state index is -3.85. The van der Waals surface area contributed by atoms with Crippen molar-refractivity contribution in [2.75, 3.05) is 22.7 Å². The topological polar surface area (TPSA) is 121 Å². The van der Waals surface area contributed by atoms with Crippen molar-refractivity contribution in [3.05, 3.63) is 41.1 Å².